The number of rotatable bonds is 3. The largest absolute Gasteiger partial charge is 0.377 e. The summed E-state index contributed by atoms with van der Waals surface area (Å²) in [5.41, 5.74) is 0.223. The Labute approximate surface area is 87.5 Å². The molecule has 0 aliphatic rings. The standard InChI is InChI=1S/C11H12F2N2/c1-7-3-4-9(12)11(10(7)13)15-8(2)5-6-14/h3-4,8,15H,5H2,1-2H3. The van der Waals surface area contributed by atoms with Gasteiger partial charge >= 0.3 is 0 Å². The summed E-state index contributed by atoms with van der Waals surface area (Å²) in [7, 11) is 0. The summed E-state index contributed by atoms with van der Waals surface area (Å²) < 4.78 is 26.7. The van der Waals surface area contributed by atoms with Crippen LogP contribution in [0, 0.1) is 29.9 Å². The molecule has 0 saturated heterocycles. The maximum atomic E-state index is 13.5. The van der Waals surface area contributed by atoms with Crippen molar-refractivity contribution >= 4 is 5.69 Å². The molecule has 0 spiro atoms. The van der Waals surface area contributed by atoms with E-state index < -0.39 is 11.6 Å². The van der Waals surface area contributed by atoms with Gasteiger partial charge in [-0.2, -0.15) is 5.26 Å². The Kier molecular flexibility index (Phi) is 3.62. The first-order valence-corrected chi connectivity index (χ1v) is 4.64. The number of halogens is 2. The third kappa shape index (κ3) is 2.66. The highest BCUT2D eigenvalue weighted by Gasteiger charge is 2.13. The molecule has 0 fully saturated rings. The van der Waals surface area contributed by atoms with Crippen LogP contribution in [0.25, 0.3) is 0 Å². The van der Waals surface area contributed by atoms with E-state index in [1.807, 2.05) is 6.07 Å². The SMILES string of the molecule is Cc1ccc(F)c(NC(C)CC#N)c1F. The van der Waals surface area contributed by atoms with E-state index in [1.165, 1.54) is 12.1 Å². The van der Waals surface area contributed by atoms with Gasteiger partial charge in [-0.3, -0.25) is 0 Å². The van der Waals surface area contributed by atoms with Crippen molar-refractivity contribution < 1.29 is 8.78 Å². The van der Waals surface area contributed by atoms with Crippen LogP contribution in [0.3, 0.4) is 0 Å². The van der Waals surface area contributed by atoms with E-state index in [4.69, 9.17) is 5.26 Å². The maximum Gasteiger partial charge on any atom is 0.152 e. The number of aryl methyl sites for hydroxylation is 1. The second-order valence-electron chi connectivity index (χ2n) is 3.46. The molecular weight excluding hydrogens is 198 g/mol. The fourth-order valence-corrected chi connectivity index (χ4v) is 1.22. The molecule has 0 radical (unpaired) electrons. The topological polar surface area (TPSA) is 35.8 Å². The number of anilines is 1. The molecule has 1 atom stereocenters. The monoisotopic (exact) mass is 210 g/mol. The molecule has 1 aromatic rings. The van der Waals surface area contributed by atoms with E-state index in [-0.39, 0.29) is 18.2 Å². The molecule has 1 unspecified atom stereocenters. The molecule has 2 nitrogen and oxygen atoms in total. The Morgan fingerprint density at radius 1 is 1.47 bits per heavy atom. The van der Waals surface area contributed by atoms with E-state index in [9.17, 15) is 8.78 Å². The van der Waals surface area contributed by atoms with Crippen LogP contribution in [0.1, 0.15) is 18.9 Å². The number of hydrogen-bond donors (Lipinski definition) is 1. The second-order valence-corrected chi connectivity index (χ2v) is 3.46. The minimum absolute atomic E-state index is 0.155. The van der Waals surface area contributed by atoms with Gasteiger partial charge in [0.1, 0.15) is 11.5 Å². The molecular formula is C11H12F2N2. The van der Waals surface area contributed by atoms with Crippen LogP contribution in [0.4, 0.5) is 14.5 Å². The average Bonchev–Trinajstić information content (AvgIpc) is 2.19. The highest BCUT2D eigenvalue weighted by Crippen LogP contribution is 2.22. The molecule has 0 aliphatic carbocycles. The van der Waals surface area contributed by atoms with Crippen molar-refractivity contribution in [3.05, 3.63) is 29.3 Å². The van der Waals surface area contributed by atoms with Crippen LogP contribution in [0.2, 0.25) is 0 Å². The molecule has 1 rings (SSSR count). The van der Waals surface area contributed by atoms with Gasteiger partial charge in [-0.1, -0.05) is 6.07 Å². The minimum atomic E-state index is -0.636. The molecule has 0 saturated carbocycles. The number of hydrogen-bond acceptors (Lipinski definition) is 2. The van der Waals surface area contributed by atoms with Gasteiger partial charge in [0.15, 0.2) is 5.82 Å². The molecule has 0 heterocycles. The van der Waals surface area contributed by atoms with Crippen LogP contribution < -0.4 is 5.32 Å². The summed E-state index contributed by atoms with van der Waals surface area (Å²) in [4.78, 5) is 0. The van der Waals surface area contributed by atoms with E-state index >= 15 is 0 Å². The fourth-order valence-electron chi connectivity index (χ4n) is 1.22. The van der Waals surface area contributed by atoms with Gasteiger partial charge in [0, 0.05) is 6.04 Å². The van der Waals surface area contributed by atoms with Crippen molar-refractivity contribution in [1.82, 2.24) is 0 Å². The highest BCUT2D eigenvalue weighted by molar-refractivity contribution is 5.49. The van der Waals surface area contributed by atoms with Crippen LogP contribution in [-0.4, -0.2) is 6.04 Å². The number of benzene rings is 1. The Hall–Kier alpha value is -1.63. The zero-order chi connectivity index (χ0) is 11.4. The summed E-state index contributed by atoms with van der Waals surface area (Å²) in [6.07, 6.45) is 0.201. The van der Waals surface area contributed by atoms with E-state index in [0.29, 0.717) is 5.56 Å². The lowest BCUT2D eigenvalue weighted by atomic mass is 10.1. The van der Waals surface area contributed by atoms with Crippen molar-refractivity contribution in [2.24, 2.45) is 0 Å². The molecule has 0 aliphatic heterocycles. The van der Waals surface area contributed by atoms with Gasteiger partial charge in [-0.15, -0.1) is 0 Å². The van der Waals surface area contributed by atoms with Gasteiger partial charge in [0.2, 0.25) is 0 Å². The van der Waals surface area contributed by atoms with Crippen molar-refractivity contribution in [2.75, 3.05) is 5.32 Å². The molecule has 0 bridgehead atoms. The second kappa shape index (κ2) is 4.74. The normalized spacial score (nSPS) is 11.9. The molecule has 0 amide bonds. The third-order valence-corrected chi connectivity index (χ3v) is 2.07. The van der Waals surface area contributed by atoms with Gasteiger partial charge in [0.05, 0.1) is 12.5 Å². The van der Waals surface area contributed by atoms with Crippen LogP contribution in [0.15, 0.2) is 12.1 Å². The summed E-state index contributed by atoms with van der Waals surface area (Å²) in [5.74, 6) is -1.23. The Balaban J connectivity index is 2.94. The third-order valence-electron chi connectivity index (χ3n) is 2.07. The van der Waals surface area contributed by atoms with Crippen LogP contribution in [-0.2, 0) is 0 Å². The summed E-state index contributed by atoms with van der Waals surface area (Å²) in [5, 5.41) is 11.1. The number of nitrogens with one attached hydrogen (secondary N) is 1. The van der Waals surface area contributed by atoms with Crippen molar-refractivity contribution in [1.29, 1.82) is 5.26 Å². The molecule has 80 valence electrons. The van der Waals surface area contributed by atoms with Crippen LogP contribution in [0.5, 0.6) is 0 Å². The molecule has 0 aromatic heterocycles. The number of nitriles is 1. The van der Waals surface area contributed by atoms with Gasteiger partial charge < -0.3 is 5.32 Å². The number of nitrogens with zero attached hydrogens (tertiary/aromatic N) is 1. The summed E-state index contributed by atoms with van der Waals surface area (Å²) in [6.45, 7) is 3.26. The van der Waals surface area contributed by atoms with Gasteiger partial charge in [-0.25, -0.2) is 8.78 Å². The Morgan fingerprint density at radius 3 is 2.73 bits per heavy atom. The minimum Gasteiger partial charge on any atom is -0.377 e. The predicted octanol–water partition coefficient (Wildman–Crippen LogP) is 2.99. The lowest BCUT2D eigenvalue weighted by Crippen LogP contribution is -2.16. The highest BCUT2D eigenvalue weighted by atomic mass is 19.1. The van der Waals surface area contributed by atoms with E-state index in [1.54, 1.807) is 13.8 Å². The van der Waals surface area contributed by atoms with Gasteiger partial charge in [0.25, 0.3) is 0 Å². The summed E-state index contributed by atoms with van der Waals surface area (Å²) in [6, 6.07) is 4.24. The van der Waals surface area contributed by atoms with Crippen molar-refractivity contribution in [2.45, 2.75) is 26.3 Å². The molecule has 1 aromatic carbocycles. The first-order valence-electron chi connectivity index (χ1n) is 4.64. The zero-order valence-electron chi connectivity index (χ0n) is 8.64. The van der Waals surface area contributed by atoms with E-state index in [0.717, 1.165) is 0 Å². The van der Waals surface area contributed by atoms with Crippen molar-refractivity contribution in [3.63, 3.8) is 0 Å². The molecule has 15 heavy (non-hydrogen) atoms. The molecule has 4 heteroatoms. The van der Waals surface area contributed by atoms with E-state index in [2.05, 4.69) is 5.32 Å². The van der Waals surface area contributed by atoms with Gasteiger partial charge in [-0.05, 0) is 25.5 Å². The average molecular weight is 210 g/mol. The fraction of sp³-hybridized carbons (Fsp3) is 0.364. The summed E-state index contributed by atoms with van der Waals surface area (Å²) >= 11 is 0. The smallest absolute Gasteiger partial charge is 0.152 e. The first-order chi connectivity index (χ1) is 7.06. The lowest BCUT2D eigenvalue weighted by molar-refractivity contribution is 0.578. The van der Waals surface area contributed by atoms with Crippen molar-refractivity contribution in [3.8, 4) is 6.07 Å². The lowest BCUT2D eigenvalue weighted by Gasteiger charge is -2.14. The maximum absolute atomic E-state index is 13.5. The zero-order valence-corrected chi connectivity index (χ0v) is 8.64. The van der Waals surface area contributed by atoms with Crippen LogP contribution >= 0.6 is 0 Å². The molecule has 1 N–H and O–H groups in total. The first kappa shape index (κ1) is 11.4. The Bertz CT molecular complexity index is 396. The Morgan fingerprint density at radius 2 is 2.13 bits per heavy atom. The predicted molar refractivity (Wildman–Crippen MR) is 54.4 cm³/mol. The quantitative estimate of drug-likeness (QED) is 0.832.